The first-order valence-electron chi connectivity index (χ1n) is 7.01. The summed E-state index contributed by atoms with van der Waals surface area (Å²) in [4.78, 5) is 6.78. The van der Waals surface area contributed by atoms with Crippen LogP contribution in [0.1, 0.15) is 30.0 Å². The minimum atomic E-state index is 0.00829. The van der Waals surface area contributed by atoms with E-state index in [-0.39, 0.29) is 12.1 Å². The summed E-state index contributed by atoms with van der Waals surface area (Å²) in [6.45, 7) is 5.01. The smallest absolute Gasteiger partial charge is 0.0910 e. The van der Waals surface area contributed by atoms with E-state index in [9.17, 15) is 0 Å². The summed E-state index contributed by atoms with van der Waals surface area (Å²) in [6.07, 6.45) is 6.38. The van der Waals surface area contributed by atoms with E-state index >= 15 is 0 Å². The molecular weight excluding hydrogens is 240 g/mol. The summed E-state index contributed by atoms with van der Waals surface area (Å²) in [5.74, 6) is 5.75. The first kappa shape index (κ1) is 13.0. The molecule has 0 amide bonds. The van der Waals surface area contributed by atoms with E-state index in [1.54, 1.807) is 0 Å². The molecular formula is C14H22N4O. The number of hydrazine groups is 1. The highest BCUT2D eigenvalue weighted by Crippen LogP contribution is 2.28. The van der Waals surface area contributed by atoms with Crippen molar-refractivity contribution in [1.82, 2.24) is 15.3 Å². The Morgan fingerprint density at radius 2 is 2.42 bits per heavy atom. The molecule has 3 rings (SSSR count). The minimum Gasteiger partial charge on any atom is -0.373 e. The molecule has 19 heavy (non-hydrogen) atoms. The zero-order chi connectivity index (χ0) is 13.2. The molecule has 3 N–H and O–H groups in total. The summed E-state index contributed by atoms with van der Waals surface area (Å²) >= 11 is 0. The first-order valence-corrected chi connectivity index (χ1v) is 7.01. The van der Waals surface area contributed by atoms with Crippen LogP contribution in [-0.4, -0.2) is 41.7 Å². The second-order valence-corrected chi connectivity index (χ2v) is 5.60. The van der Waals surface area contributed by atoms with E-state index in [0.29, 0.717) is 6.04 Å². The predicted octanol–water partition coefficient (Wildman–Crippen LogP) is 0.758. The maximum absolute atomic E-state index is 6.03. The van der Waals surface area contributed by atoms with Crippen molar-refractivity contribution in [2.75, 3.05) is 19.7 Å². The van der Waals surface area contributed by atoms with E-state index in [1.165, 1.54) is 19.4 Å². The van der Waals surface area contributed by atoms with Gasteiger partial charge in [-0.2, -0.15) is 0 Å². The van der Waals surface area contributed by atoms with Crippen molar-refractivity contribution in [2.24, 2.45) is 5.84 Å². The lowest BCUT2D eigenvalue weighted by atomic mass is 10.0. The monoisotopic (exact) mass is 262 g/mol. The normalized spacial score (nSPS) is 29.2. The summed E-state index contributed by atoms with van der Waals surface area (Å²) in [5.41, 5.74) is 5.15. The fraction of sp³-hybridized carbons (Fsp3) is 0.643. The Balaban J connectivity index is 1.75. The summed E-state index contributed by atoms with van der Waals surface area (Å²) in [6, 6.07) is 2.75. The molecule has 2 aliphatic rings. The molecule has 0 spiro atoms. The molecule has 1 aromatic rings. The predicted molar refractivity (Wildman–Crippen MR) is 73.4 cm³/mol. The van der Waals surface area contributed by atoms with Gasteiger partial charge in [0, 0.05) is 25.0 Å². The number of fused-ring (bicyclic) bond motifs is 1. The number of hydrogen-bond donors (Lipinski definition) is 2. The van der Waals surface area contributed by atoms with Crippen LogP contribution in [0.25, 0.3) is 0 Å². The molecule has 5 heteroatoms. The average molecular weight is 262 g/mol. The van der Waals surface area contributed by atoms with Crippen molar-refractivity contribution in [3.63, 3.8) is 0 Å². The van der Waals surface area contributed by atoms with E-state index in [0.717, 1.165) is 24.3 Å². The van der Waals surface area contributed by atoms with Gasteiger partial charge in [-0.25, -0.2) is 0 Å². The highest BCUT2D eigenvalue weighted by Gasteiger charge is 2.36. The van der Waals surface area contributed by atoms with Gasteiger partial charge in [0.1, 0.15) is 0 Å². The van der Waals surface area contributed by atoms with E-state index in [2.05, 4.69) is 21.4 Å². The van der Waals surface area contributed by atoms with Crippen LogP contribution in [0.15, 0.2) is 18.5 Å². The van der Waals surface area contributed by atoms with Gasteiger partial charge < -0.3 is 4.74 Å². The Bertz CT molecular complexity index is 439. The number of pyridine rings is 1. The van der Waals surface area contributed by atoms with Crippen LogP contribution in [0.5, 0.6) is 0 Å². The Morgan fingerprint density at radius 1 is 1.53 bits per heavy atom. The van der Waals surface area contributed by atoms with E-state index < -0.39 is 0 Å². The third kappa shape index (κ3) is 2.65. The van der Waals surface area contributed by atoms with Gasteiger partial charge in [-0.3, -0.25) is 21.2 Å². The Hall–Kier alpha value is -1.01. The van der Waals surface area contributed by atoms with Crippen LogP contribution in [0.4, 0.5) is 0 Å². The molecule has 2 fully saturated rings. The molecule has 3 heterocycles. The topological polar surface area (TPSA) is 63.4 Å². The number of nitrogens with zero attached hydrogens (tertiary/aromatic N) is 2. The number of aryl methyl sites for hydroxylation is 1. The quantitative estimate of drug-likeness (QED) is 0.622. The number of rotatable bonds is 3. The van der Waals surface area contributed by atoms with Gasteiger partial charge in [0.25, 0.3) is 0 Å². The van der Waals surface area contributed by atoms with Crippen molar-refractivity contribution < 1.29 is 4.74 Å². The van der Waals surface area contributed by atoms with Crippen LogP contribution < -0.4 is 11.3 Å². The molecule has 3 atom stereocenters. The van der Waals surface area contributed by atoms with Crippen molar-refractivity contribution in [2.45, 2.75) is 38.0 Å². The Morgan fingerprint density at radius 3 is 3.21 bits per heavy atom. The van der Waals surface area contributed by atoms with Gasteiger partial charge >= 0.3 is 0 Å². The number of nitrogens with two attached hydrogens (primary N) is 1. The zero-order valence-electron chi connectivity index (χ0n) is 11.4. The fourth-order valence-corrected chi connectivity index (χ4v) is 3.21. The van der Waals surface area contributed by atoms with Gasteiger partial charge in [-0.15, -0.1) is 0 Å². The lowest BCUT2D eigenvalue weighted by Crippen LogP contribution is -2.51. The number of ether oxygens (including phenoxy) is 1. The fourth-order valence-electron chi connectivity index (χ4n) is 3.21. The lowest BCUT2D eigenvalue weighted by Gasteiger charge is -2.38. The zero-order valence-corrected chi connectivity index (χ0v) is 11.4. The second kappa shape index (κ2) is 5.54. The van der Waals surface area contributed by atoms with E-state index in [4.69, 9.17) is 10.6 Å². The number of nitrogens with one attached hydrogen (secondary N) is 1. The van der Waals surface area contributed by atoms with Gasteiger partial charge in [0.15, 0.2) is 0 Å². The van der Waals surface area contributed by atoms with Crippen LogP contribution in [-0.2, 0) is 4.74 Å². The summed E-state index contributed by atoms with van der Waals surface area (Å²) in [7, 11) is 0. The third-order valence-corrected chi connectivity index (χ3v) is 4.22. The van der Waals surface area contributed by atoms with Crippen molar-refractivity contribution in [3.05, 3.63) is 29.6 Å². The number of morpholine rings is 1. The molecule has 0 saturated carbocycles. The Kier molecular flexibility index (Phi) is 3.79. The van der Waals surface area contributed by atoms with Gasteiger partial charge in [-0.05, 0) is 37.4 Å². The molecule has 0 radical (unpaired) electrons. The molecule has 1 aromatic heterocycles. The molecule has 5 nitrogen and oxygen atoms in total. The number of aromatic nitrogens is 1. The third-order valence-electron chi connectivity index (χ3n) is 4.22. The standard InChI is InChI=1S/C14H22N4O/c1-10-5-11(7-16-6-10)14(17-15)13-8-18-4-2-3-12(18)9-19-13/h5-7,12-14,17H,2-4,8-9,15H2,1H3. The van der Waals surface area contributed by atoms with E-state index in [1.807, 2.05) is 19.3 Å². The van der Waals surface area contributed by atoms with Crippen LogP contribution in [0.2, 0.25) is 0 Å². The highest BCUT2D eigenvalue weighted by atomic mass is 16.5. The van der Waals surface area contributed by atoms with Crippen LogP contribution in [0.3, 0.4) is 0 Å². The Labute approximate surface area is 114 Å². The number of hydrogen-bond acceptors (Lipinski definition) is 5. The molecule has 104 valence electrons. The van der Waals surface area contributed by atoms with Crippen molar-refractivity contribution in [1.29, 1.82) is 0 Å². The molecule has 0 bridgehead atoms. The van der Waals surface area contributed by atoms with Crippen LogP contribution in [0, 0.1) is 6.92 Å². The summed E-state index contributed by atoms with van der Waals surface area (Å²) in [5, 5.41) is 0. The van der Waals surface area contributed by atoms with Crippen molar-refractivity contribution in [3.8, 4) is 0 Å². The highest BCUT2D eigenvalue weighted by molar-refractivity contribution is 5.21. The van der Waals surface area contributed by atoms with Gasteiger partial charge in [0.2, 0.25) is 0 Å². The second-order valence-electron chi connectivity index (χ2n) is 5.60. The molecule has 0 aromatic carbocycles. The average Bonchev–Trinajstić information content (AvgIpc) is 2.87. The van der Waals surface area contributed by atoms with Crippen molar-refractivity contribution >= 4 is 0 Å². The lowest BCUT2D eigenvalue weighted by molar-refractivity contribution is -0.0653. The maximum Gasteiger partial charge on any atom is 0.0910 e. The van der Waals surface area contributed by atoms with Gasteiger partial charge in [0.05, 0.1) is 18.8 Å². The molecule has 3 unspecified atom stereocenters. The molecule has 2 saturated heterocycles. The van der Waals surface area contributed by atoms with Crippen LogP contribution >= 0.6 is 0 Å². The van der Waals surface area contributed by atoms with Gasteiger partial charge in [-0.1, -0.05) is 6.07 Å². The SMILES string of the molecule is Cc1cncc(C(NN)C2CN3CCCC3CO2)c1. The summed E-state index contributed by atoms with van der Waals surface area (Å²) < 4.78 is 6.03. The first-order chi connectivity index (χ1) is 9.28. The largest absolute Gasteiger partial charge is 0.373 e. The molecule has 2 aliphatic heterocycles. The molecule has 0 aliphatic carbocycles. The maximum atomic E-state index is 6.03. The minimum absolute atomic E-state index is 0.00829.